The topological polar surface area (TPSA) is 64.8 Å². The number of likely N-dealkylation sites (N-methyl/N-ethyl adjacent to an activating group) is 1. The Kier molecular flexibility index (Phi) is 7.08. The molecule has 0 aliphatic carbocycles. The van der Waals surface area contributed by atoms with Crippen molar-refractivity contribution in [3.05, 3.63) is 23.8 Å². The third-order valence-corrected chi connectivity index (χ3v) is 4.64. The second-order valence-corrected chi connectivity index (χ2v) is 7.12. The van der Waals surface area contributed by atoms with Crippen LogP contribution < -0.4 is 15.2 Å². The van der Waals surface area contributed by atoms with Gasteiger partial charge in [-0.1, -0.05) is 19.9 Å². The van der Waals surface area contributed by atoms with Crippen molar-refractivity contribution in [2.75, 3.05) is 27.8 Å². The average molecular weight is 336 g/mol. The highest BCUT2D eigenvalue weighted by Gasteiger charge is 2.33. The second kappa shape index (κ2) is 8.38. The van der Waals surface area contributed by atoms with Crippen LogP contribution in [-0.4, -0.2) is 44.7 Å². The summed E-state index contributed by atoms with van der Waals surface area (Å²) in [6.45, 7) is 8.69. The quantitative estimate of drug-likeness (QED) is 0.793. The first-order valence-corrected chi connectivity index (χ1v) is 8.38. The van der Waals surface area contributed by atoms with Crippen molar-refractivity contribution in [3.8, 4) is 11.5 Å². The van der Waals surface area contributed by atoms with E-state index in [1.54, 1.807) is 19.1 Å². The maximum atomic E-state index is 12.9. The van der Waals surface area contributed by atoms with Gasteiger partial charge >= 0.3 is 0 Å². The van der Waals surface area contributed by atoms with Crippen LogP contribution in [0.3, 0.4) is 0 Å². The van der Waals surface area contributed by atoms with Gasteiger partial charge in [0.05, 0.1) is 19.6 Å². The Morgan fingerprint density at radius 1 is 1.21 bits per heavy atom. The van der Waals surface area contributed by atoms with E-state index >= 15 is 0 Å². The number of hydrogen-bond donors (Lipinski definition) is 1. The standard InChI is InChI=1S/C19H32N2O3/c1-13(2)15(20)10-11-21(5)18(22)19(3,4)14-8-9-16(23-6)17(12-14)24-7/h8-9,12-13,15H,10-11,20H2,1-7H3. The zero-order chi connectivity index (χ0) is 18.5. The summed E-state index contributed by atoms with van der Waals surface area (Å²) in [5.41, 5.74) is 6.32. The Labute approximate surface area is 146 Å². The lowest BCUT2D eigenvalue weighted by atomic mass is 9.83. The van der Waals surface area contributed by atoms with E-state index in [0.29, 0.717) is 24.0 Å². The van der Waals surface area contributed by atoms with Crippen molar-refractivity contribution in [3.63, 3.8) is 0 Å². The summed E-state index contributed by atoms with van der Waals surface area (Å²) in [6, 6.07) is 5.71. The zero-order valence-corrected chi connectivity index (χ0v) is 16.1. The smallest absolute Gasteiger partial charge is 0.232 e. The molecule has 5 nitrogen and oxygen atoms in total. The van der Waals surface area contributed by atoms with E-state index in [4.69, 9.17) is 15.2 Å². The number of methoxy groups -OCH3 is 2. The molecule has 1 rings (SSSR count). The van der Waals surface area contributed by atoms with Crippen molar-refractivity contribution in [1.29, 1.82) is 0 Å². The summed E-state index contributed by atoms with van der Waals surface area (Å²) < 4.78 is 10.6. The van der Waals surface area contributed by atoms with Crippen molar-refractivity contribution >= 4 is 5.91 Å². The van der Waals surface area contributed by atoms with Gasteiger partial charge in [0.25, 0.3) is 0 Å². The van der Waals surface area contributed by atoms with Gasteiger partial charge in [0.2, 0.25) is 5.91 Å². The molecule has 0 heterocycles. The van der Waals surface area contributed by atoms with Gasteiger partial charge in [0, 0.05) is 19.6 Å². The summed E-state index contributed by atoms with van der Waals surface area (Å²) in [4.78, 5) is 14.7. The van der Waals surface area contributed by atoms with Crippen molar-refractivity contribution in [2.45, 2.75) is 45.6 Å². The van der Waals surface area contributed by atoms with E-state index in [2.05, 4.69) is 13.8 Å². The Morgan fingerprint density at radius 2 is 1.79 bits per heavy atom. The minimum Gasteiger partial charge on any atom is -0.493 e. The molecule has 0 spiro atoms. The maximum absolute atomic E-state index is 12.9. The van der Waals surface area contributed by atoms with E-state index in [1.165, 1.54) is 0 Å². The third kappa shape index (κ3) is 4.63. The summed E-state index contributed by atoms with van der Waals surface area (Å²) in [5.74, 6) is 1.75. The summed E-state index contributed by atoms with van der Waals surface area (Å²) >= 11 is 0. The predicted molar refractivity (Wildman–Crippen MR) is 97.6 cm³/mol. The summed E-state index contributed by atoms with van der Waals surface area (Å²) in [7, 11) is 5.02. The first-order chi connectivity index (χ1) is 11.1. The number of hydrogen-bond acceptors (Lipinski definition) is 4. The number of rotatable bonds is 8. The molecule has 0 aliphatic rings. The SMILES string of the molecule is COc1ccc(C(C)(C)C(=O)N(C)CCC(N)C(C)C)cc1OC. The minimum atomic E-state index is -0.657. The summed E-state index contributed by atoms with van der Waals surface area (Å²) in [6.07, 6.45) is 0.794. The first-order valence-electron chi connectivity index (χ1n) is 8.38. The van der Waals surface area contributed by atoms with Gasteiger partial charge in [0.1, 0.15) is 0 Å². The minimum absolute atomic E-state index is 0.0608. The molecule has 2 N–H and O–H groups in total. The Bertz CT molecular complexity index is 556. The van der Waals surface area contributed by atoms with Gasteiger partial charge in [-0.05, 0) is 43.9 Å². The molecule has 0 aromatic heterocycles. The molecule has 1 amide bonds. The number of carbonyl (C=O) groups excluding carboxylic acids is 1. The molecule has 0 saturated heterocycles. The number of benzene rings is 1. The molecular formula is C19H32N2O3. The van der Waals surface area contributed by atoms with Gasteiger partial charge in [-0.25, -0.2) is 0 Å². The second-order valence-electron chi connectivity index (χ2n) is 7.12. The van der Waals surface area contributed by atoms with Crippen molar-refractivity contribution < 1.29 is 14.3 Å². The Hall–Kier alpha value is -1.75. The molecule has 1 atom stereocenters. The average Bonchev–Trinajstić information content (AvgIpc) is 2.57. The highest BCUT2D eigenvalue weighted by atomic mass is 16.5. The lowest BCUT2D eigenvalue weighted by molar-refractivity contribution is -0.135. The lowest BCUT2D eigenvalue weighted by Crippen LogP contribution is -2.43. The Morgan fingerprint density at radius 3 is 2.29 bits per heavy atom. The molecule has 0 saturated carbocycles. The highest BCUT2D eigenvalue weighted by molar-refractivity contribution is 5.87. The molecular weight excluding hydrogens is 304 g/mol. The fourth-order valence-electron chi connectivity index (χ4n) is 2.60. The van der Waals surface area contributed by atoms with Gasteiger partial charge in [-0.15, -0.1) is 0 Å². The van der Waals surface area contributed by atoms with Crippen LogP contribution in [0.25, 0.3) is 0 Å². The molecule has 0 bridgehead atoms. The van der Waals surface area contributed by atoms with Crippen LogP contribution in [0.1, 0.15) is 39.7 Å². The number of carbonyl (C=O) groups is 1. The molecule has 5 heteroatoms. The monoisotopic (exact) mass is 336 g/mol. The van der Waals surface area contributed by atoms with Crippen LogP contribution in [0.4, 0.5) is 0 Å². The van der Waals surface area contributed by atoms with Gasteiger partial charge in [-0.3, -0.25) is 4.79 Å². The number of nitrogens with two attached hydrogens (primary N) is 1. The van der Waals surface area contributed by atoms with E-state index in [9.17, 15) is 4.79 Å². The molecule has 0 radical (unpaired) electrons. The fourth-order valence-corrected chi connectivity index (χ4v) is 2.60. The van der Waals surface area contributed by atoms with Crippen LogP contribution in [0.5, 0.6) is 11.5 Å². The number of amides is 1. The number of ether oxygens (including phenoxy) is 2. The third-order valence-electron chi connectivity index (χ3n) is 4.64. The van der Waals surface area contributed by atoms with Crippen molar-refractivity contribution in [1.82, 2.24) is 4.90 Å². The predicted octanol–water partition coefficient (Wildman–Crippen LogP) is 2.81. The van der Waals surface area contributed by atoms with Gasteiger partial charge < -0.3 is 20.1 Å². The lowest BCUT2D eigenvalue weighted by Gasteiger charge is -2.31. The molecule has 0 aliphatic heterocycles. The van der Waals surface area contributed by atoms with Crippen LogP contribution in [0, 0.1) is 5.92 Å². The summed E-state index contributed by atoms with van der Waals surface area (Å²) in [5, 5.41) is 0. The van der Waals surface area contributed by atoms with Crippen LogP contribution in [0.15, 0.2) is 18.2 Å². The van der Waals surface area contributed by atoms with Gasteiger partial charge in [0.15, 0.2) is 11.5 Å². The maximum Gasteiger partial charge on any atom is 0.232 e. The van der Waals surface area contributed by atoms with Crippen molar-refractivity contribution in [2.24, 2.45) is 11.7 Å². The van der Waals surface area contributed by atoms with Crippen LogP contribution in [0.2, 0.25) is 0 Å². The van der Waals surface area contributed by atoms with E-state index in [0.717, 1.165) is 12.0 Å². The molecule has 24 heavy (non-hydrogen) atoms. The Balaban J connectivity index is 2.91. The molecule has 1 aromatic carbocycles. The van der Waals surface area contributed by atoms with E-state index < -0.39 is 5.41 Å². The molecule has 136 valence electrons. The first kappa shape index (κ1) is 20.3. The highest BCUT2D eigenvalue weighted by Crippen LogP contribution is 2.34. The van der Waals surface area contributed by atoms with E-state index in [1.807, 2.05) is 39.1 Å². The van der Waals surface area contributed by atoms with Gasteiger partial charge in [-0.2, -0.15) is 0 Å². The fraction of sp³-hybridized carbons (Fsp3) is 0.632. The van der Waals surface area contributed by atoms with Crippen LogP contribution in [-0.2, 0) is 10.2 Å². The normalized spacial score (nSPS) is 12.9. The molecule has 0 fully saturated rings. The molecule has 1 aromatic rings. The zero-order valence-electron chi connectivity index (χ0n) is 16.1. The largest absolute Gasteiger partial charge is 0.493 e. The molecule has 1 unspecified atom stereocenters. The van der Waals surface area contributed by atoms with E-state index in [-0.39, 0.29) is 11.9 Å². The number of nitrogens with zero attached hydrogens (tertiary/aromatic N) is 1. The van der Waals surface area contributed by atoms with Crippen LogP contribution >= 0.6 is 0 Å².